The number of hydrogen-bond donors (Lipinski definition) is 1. The lowest BCUT2D eigenvalue weighted by Gasteiger charge is -2.29. The number of rotatable bonds is 3. The van der Waals surface area contributed by atoms with E-state index in [1.54, 1.807) is 0 Å². The number of hydrogen-bond acceptors (Lipinski definition) is 3. The number of nitrogens with one attached hydrogen (secondary N) is 1. The molecule has 1 N–H and O–H groups in total. The van der Waals surface area contributed by atoms with Crippen LogP contribution < -0.4 is 5.32 Å². The molecular formula is C11H21NO2S. The van der Waals surface area contributed by atoms with Crippen LogP contribution in [0.1, 0.15) is 39.5 Å². The minimum Gasteiger partial charge on any atom is -0.314 e. The standard InChI is InChI=1S/C11H21NO2S/c1-8(2)7-12-9-5-10-3-4-11(6-9)15(10,13)14/h8-12H,3-7H2,1-2H3. The fourth-order valence-electron chi connectivity index (χ4n) is 2.78. The minimum absolute atomic E-state index is 0.0408. The summed E-state index contributed by atoms with van der Waals surface area (Å²) < 4.78 is 23.7. The summed E-state index contributed by atoms with van der Waals surface area (Å²) in [4.78, 5) is 0. The molecule has 2 fully saturated rings. The maximum atomic E-state index is 11.8. The Morgan fingerprint density at radius 2 is 1.73 bits per heavy atom. The summed E-state index contributed by atoms with van der Waals surface area (Å²) in [6, 6.07) is 0.438. The van der Waals surface area contributed by atoms with Gasteiger partial charge in [-0.25, -0.2) is 8.42 Å². The summed E-state index contributed by atoms with van der Waals surface area (Å²) in [6.07, 6.45) is 3.47. The van der Waals surface area contributed by atoms with Crippen LogP contribution in [0.2, 0.25) is 0 Å². The second-order valence-corrected chi connectivity index (χ2v) is 7.89. The van der Waals surface area contributed by atoms with Crippen LogP contribution in [0.3, 0.4) is 0 Å². The van der Waals surface area contributed by atoms with Gasteiger partial charge in [0.25, 0.3) is 0 Å². The van der Waals surface area contributed by atoms with Crippen LogP contribution in [0.4, 0.5) is 0 Å². The van der Waals surface area contributed by atoms with Gasteiger partial charge < -0.3 is 5.32 Å². The Morgan fingerprint density at radius 3 is 2.20 bits per heavy atom. The molecule has 0 aromatic heterocycles. The summed E-state index contributed by atoms with van der Waals surface area (Å²) in [5.41, 5.74) is 0. The van der Waals surface area contributed by atoms with Gasteiger partial charge in [-0.05, 0) is 38.1 Å². The first-order valence-electron chi connectivity index (χ1n) is 5.96. The van der Waals surface area contributed by atoms with E-state index in [1.165, 1.54) is 0 Å². The zero-order chi connectivity index (χ0) is 11.1. The quantitative estimate of drug-likeness (QED) is 0.797. The number of fused-ring (bicyclic) bond motifs is 2. The van der Waals surface area contributed by atoms with Gasteiger partial charge in [-0.2, -0.15) is 0 Å². The van der Waals surface area contributed by atoms with Crippen molar-refractivity contribution in [2.75, 3.05) is 6.54 Å². The van der Waals surface area contributed by atoms with E-state index in [4.69, 9.17) is 0 Å². The molecule has 2 rings (SSSR count). The molecule has 2 saturated heterocycles. The topological polar surface area (TPSA) is 46.2 Å². The van der Waals surface area contributed by atoms with Crippen molar-refractivity contribution in [3.05, 3.63) is 0 Å². The summed E-state index contributed by atoms with van der Waals surface area (Å²) in [5.74, 6) is 0.640. The van der Waals surface area contributed by atoms with E-state index >= 15 is 0 Å². The summed E-state index contributed by atoms with van der Waals surface area (Å²) >= 11 is 0. The van der Waals surface area contributed by atoms with Gasteiger partial charge in [0, 0.05) is 6.04 Å². The van der Waals surface area contributed by atoms with E-state index in [0.29, 0.717) is 12.0 Å². The summed E-state index contributed by atoms with van der Waals surface area (Å²) in [6.45, 7) is 5.37. The van der Waals surface area contributed by atoms with Crippen molar-refractivity contribution in [3.8, 4) is 0 Å². The lowest BCUT2D eigenvalue weighted by atomic mass is 10.1. The molecule has 2 heterocycles. The van der Waals surface area contributed by atoms with Crippen molar-refractivity contribution < 1.29 is 8.42 Å². The van der Waals surface area contributed by atoms with E-state index in [2.05, 4.69) is 19.2 Å². The van der Waals surface area contributed by atoms with E-state index in [9.17, 15) is 8.42 Å². The summed E-state index contributed by atoms with van der Waals surface area (Å²) in [5, 5.41) is 3.41. The molecule has 4 heteroatoms. The molecule has 0 aromatic carbocycles. The van der Waals surface area contributed by atoms with Crippen LogP contribution in [-0.4, -0.2) is 31.5 Å². The van der Waals surface area contributed by atoms with Crippen molar-refractivity contribution in [3.63, 3.8) is 0 Å². The molecule has 88 valence electrons. The highest BCUT2D eigenvalue weighted by Gasteiger charge is 2.46. The lowest BCUT2D eigenvalue weighted by Crippen LogP contribution is -2.43. The molecule has 2 bridgehead atoms. The van der Waals surface area contributed by atoms with Crippen LogP contribution in [0.5, 0.6) is 0 Å². The predicted octanol–water partition coefficient (Wildman–Crippen LogP) is 1.34. The molecule has 0 aromatic rings. The Morgan fingerprint density at radius 1 is 1.20 bits per heavy atom. The van der Waals surface area contributed by atoms with Crippen molar-refractivity contribution in [1.82, 2.24) is 5.32 Å². The molecular weight excluding hydrogens is 210 g/mol. The van der Waals surface area contributed by atoms with E-state index in [0.717, 1.165) is 32.2 Å². The normalized spacial score (nSPS) is 38.5. The Hall–Kier alpha value is -0.0900. The molecule has 2 atom stereocenters. The molecule has 0 spiro atoms. The maximum absolute atomic E-state index is 11.8. The highest BCUT2D eigenvalue weighted by Crippen LogP contribution is 2.38. The Balaban J connectivity index is 1.94. The van der Waals surface area contributed by atoms with Crippen molar-refractivity contribution >= 4 is 9.84 Å². The van der Waals surface area contributed by atoms with Crippen LogP contribution in [0.15, 0.2) is 0 Å². The predicted molar refractivity (Wildman–Crippen MR) is 61.6 cm³/mol. The first-order valence-corrected chi connectivity index (χ1v) is 7.57. The van der Waals surface area contributed by atoms with E-state index in [1.807, 2.05) is 0 Å². The fraction of sp³-hybridized carbons (Fsp3) is 1.00. The third-order valence-corrected chi connectivity index (χ3v) is 6.36. The Bertz CT molecular complexity index is 303. The molecule has 3 nitrogen and oxygen atoms in total. The fourth-order valence-corrected chi connectivity index (χ4v) is 5.25. The van der Waals surface area contributed by atoms with Crippen molar-refractivity contribution in [1.29, 1.82) is 0 Å². The molecule has 0 radical (unpaired) electrons. The smallest absolute Gasteiger partial charge is 0.156 e. The zero-order valence-electron chi connectivity index (χ0n) is 9.57. The van der Waals surface area contributed by atoms with E-state index in [-0.39, 0.29) is 10.5 Å². The lowest BCUT2D eigenvalue weighted by molar-refractivity contribution is 0.407. The summed E-state index contributed by atoms with van der Waals surface area (Å²) in [7, 11) is -2.74. The first kappa shape index (κ1) is 11.4. The average molecular weight is 231 g/mol. The molecule has 2 aliphatic rings. The van der Waals surface area contributed by atoms with Gasteiger partial charge in [0.2, 0.25) is 0 Å². The maximum Gasteiger partial charge on any atom is 0.156 e. The second-order valence-electron chi connectivity index (χ2n) is 5.38. The zero-order valence-corrected chi connectivity index (χ0v) is 10.4. The van der Waals surface area contributed by atoms with Crippen LogP contribution in [-0.2, 0) is 9.84 Å². The van der Waals surface area contributed by atoms with Gasteiger partial charge in [0.05, 0.1) is 10.5 Å². The molecule has 0 amide bonds. The largest absolute Gasteiger partial charge is 0.314 e. The van der Waals surface area contributed by atoms with Gasteiger partial charge in [0.1, 0.15) is 0 Å². The highest BCUT2D eigenvalue weighted by atomic mass is 32.2. The van der Waals surface area contributed by atoms with Crippen LogP contribution >= 0.6 is 0 Å². The first-order chi connectivity index (χ1) is 7.00. The second kappa shape index (κ2) is 4.06. The monoisotopic (exact) mass is 231 g/mol. The Kier molecular flexibility index (Phi) is 3.08. The third-order valence-electron chi connectivity index (χ3n) is 3.65. The van der Waals surface area contributed by atoms with Crippen LogP contribution in [0.25, 0.3) is 0 Å². The van der Waals surface area contributed by atoms with Crippen molar-refractivity contribution in [2.45, 2.75) is 56.1 Å². The van der Waals surface area contributed by atoms with Gasteiger partial charge in [-0.1, -0.05) is 13.8 Å². The Labute approximate surface area is 92.6 Å². The molecule has 0 saturated carbocycles. The SMILES string of the molecule is CC(C)CNC1CC2CCC(C1)S2(=O)=O. The van der Waals surface area contributed by atoms with Gasteiger partial charge >= 0.3 is 0 Å². The highest BCUT2D eigenvalue weighted by molar-refractivity contribution is 7.93. The van der Waals surface area contributed by atoms with Crippen LogP contribution in [0, 0.1) is 5.92 Å². The minimum atomic E-state index is -2.74. The molecule has 15 heavy (non-hydrogen) atoms. The molecule has 0 aliphatic carbocycles. The van der Waals surface area contributed by atoms with E-state index < -0.39 is 9.84 Å². The van der Waals surface area contributed by atoms with Crippen molar-refractivity contribution in [2.24, 2.45) is 5.92 Å². The van der Waals surface area contributed by atoms with Gasteiger partial charge in [-0.3, -0.25) is 0 Å². The number of sulfone groups is 1. The third kappa shape index (κ3) is 2.21. The van der Waals surface area contributed by atoms with Gasteiger partial charge in [-0.15, -0.1) is 0 Å². The average Bonchev–Trinajstić information content (AvgIpc) is 2.40. The molecule has 2 aliphatic heterocycles. The molecule has 2 unspecified atom stereocenters. The van der Waals surface area contributed by atoms with Gasteiger partial charge in [0.15, 0.2) is 9.84 Å².